The Kier molecular flexibility index (Phi) is 4.97. The van der Waals surface area contributed by atoms with Gasteiger partial charge in [0.15, 0.2) is 5.78 Å². The summed E-state index contributed by atoms with van der Waals surface area (Å²) in [5, 5.41) is 5.18. The van der Waals surface area contributed by atoms with Gasteiger partial charge in [0.05, 0.1) is 6.04 Å². The zero-order chi connectivity index (χ0) is 18.7. The van der Waals surface area contributed by atoms with E-state index in [-0.39, 0.29) is 22.7 Å². The van der Waals surface area contributed by atoms with Crippen LogP contribution in [0.2, 0.25) is 0 Å². The van der Waals surface area contributed by atoms with E-state index in [1.54, 1.807) is 55.5 Å². The molecule has 0 spiro atoms. The van der Waals surface area contributed by atoms with Gasteiger partial charge in [0.25, 0.3) is 0 Å². The monoisotopic (exact) mass is 358 g/mol. The smallest absolute Gasteiger partial charge is 0.387 e. The summed E-state index contributed by atoms with van der Waals surface area (Å²) < 4.78 is 30.0. The number of urea groups is 1. The standard InChI is InChI=1S/C19H16F2N2O3/c1-11-15(17(24)12-7-3-2-4-8-12)16(23-19(25)22-11)13-9-5-6-10-14(13)26-18(20)21/h2-10,16,18H,1H3,(H2,22,23,25)/t16-/m1/s1. The van der Waals surface area contributed by atoms with Crippen molar-refractivity contribution in [3.05, 3.63) is 77.0 Å². The third-order valence-electron chi connectivity index (χ3n) is 4.00. The highest BCUT2D eigenvalue weighted by atomic mass is 19.3. The van der Waals surface area contributed by atoms with Gasteiger partial charge in [-0.05, 0) is 13.0 Å². The Morgan fingerprint density at radius 3 is 2.42 bits per heavy atom. The number of benzene rings is 2. The quantitative estimate of drug-likeness (QED) is 0.799. The fraction of sp³-hybridized carbons (Fsp3) is 0.158. The normalized spacial score (nSPS) is 16.9. The summed E-state index contributed by atoms with van der Waals surface area (Å²) >= 11 is 0. The molecule has 1 aliphatic heterocycles. The van der Waals surface area contributed by atoms with Crippen LogP contribution in [0.5, 0.6) is 5.75 Å². The van der Waals surface area contributed by atoms with Crippen molar-refractivity contribution in [2.45, 2.75) is 19.6 Å². The van der Waals surface area contributed by atoms with Gasteiger partial charge in [-0.3, -0.25) is 4.79 Å². The van der Waals surface area contributed by atoms with Crippen LogP contribution in [0.25, 0.3) is 0 Å². The summed E-state index contributed by atoms with van der Waals surface area (Å²) in [6, 6.07) is 13.2. The molecule has 0 saturated carbocycles. The number of hydrogen-bond acceptors (Lipinski definition) is 3. The van der Waals surface area contributed by atoms with Crippen LogP contribution in [0.4, 0.5) is 13.6 Å². The fourth-order valence-corrected chi connectivity index (χ4v) is 2.90. The minimum atomic E-state index is -3.02. The minimum Gasteiger partial charge on any atom is -0.434 e. The molecule has 2 aromatic carbocycles. The van der Waals surface area contributed by atoms with Crippen LogP contribution < -0.4 is 15.4 Å². The highest BCUT2D eigenvalue weighted by Gasteiger charge is 2.33. The second kappa shape index (κ2) is 7.35. The van der Waals surface area contributed by atoms with Crippen LogP contribution in [-0.4, -0.2) is 18.4 Å². The molecule has 0 unspecified atom stereocenters. The number of carbonyl (C=O) groups is 2. The molecule has 0 fully saturated rings. The molecule has 2 N–H and O–H groups in total. The first-order chi connectivity index (χ1) is 12.5. The molecule has 1 heterocycles. The maximum Gasteiger partial charge on any atom is 0.387 e. The number of rotatable bonds is 5. The lowest BCUT2D eigenvalue weighted by atomic mass is 9.89. The molecular weight excluding hydrogens is 342 g/mol. The number of amides is 2. The third kappa shape index (κ3) is 3.56. The van der Waals surface area contributed by atoms with Gasteiger partial charge in [-0.25, -0.2) is 4.79 Å². The van der Waals surface area contributed by atoms with Gasteiger partial charge in [-0.15, -0.1) is 0 Å². The number of para-hydroxylation sites is 1. The number of alkyl halides is 2. The lowest BCUT2D eigenvalue weighted by Gasteiger charge is -2.29. The van der Waals surface area contributed by atoms with Crippen molar-refractivity contribution in [1.29, 1.82) is 0 Å². The molecular formula is C19H16F2N2O3. The highest BCUT2D eigenvalue weighted by Crippen LogP contribution is 2.35. The lowest BCUT2D eigenvalue weighted by molar-refractivity contribution is -0.0505. The average molecular weight is 358 g/mol. The Balaban J connectivity index is 2.09. The fourth-order valence-electron chi connectivity index (χ4n) is 2.90. The maximum atomic E-state index is 13.0. The van der Waals surface area contributed by atoms with Crippen LogP contribution >= 0.6 is 0 Å². The third-order valence-corrected chi connectivity index (χ3v) is 4.00. The molecule has 0 radical (unpaired) electrons. The summed E-state index contributed by atoms with van der Waals surface area (Å²) in [4.78, 5) is 24.9. The van der Waals surface area contributed by atoms with Gasteiger partial charge in [0.1, 0.15) is 5.75 Å². The number of ketones is 1. The first kappa shape index (κ1) is 17.6. The van der Waals surface area contributed by atoms with Gasteiger partial charge in [0, 0.05) is 22.4 Å². The van der Waals surface area contributed by atoms with E-state index < -0.39 is 18.7 Å². The van der Waals surface area contributed by atoms with E-state index in [1.165, 1.54) is 6.07 Å². The first-order valence-corrected chi connectivity index (χ1v) is 7.89. The number of ether oxygens (including phenoxy) is 1. The van der Waals surface area contributed by atoms with E-state index in [0.29, 0.717) is 11.3 Å². The minimum absolute atomic E-state index is 0.0964. The van der Waals surface area contributed by atoms with Crippen LogP contribution in [-0.2, 0) is 0 Å². The SMILES string of the molecule is CC1=C(C(=O)c2ccccc2)[C@@H](c2ccccc2OC(F)F)NC(=O)N1. The molecule has 1 atom stereocenters. The molecule has 0 bridgehead atoms. The Morgan fingerprint density at radius 1 is 1.08 bits per heavy atom. The van der Waals surface area contributed by atoms with Gasteiger partial charge in [0.2, 0.25) is 0 Å². The molecule has 0 aromatic heterocycles. The number of nitrogens with one attached hydrogen (secondary N) is 2. The van der Waals surface area contributed by atoms with Crippen LogP contribution in [0.1, 0.15) is 28.9 Å². The van der Waals surface area contributed by atoms with Crippen molar-refractivity contribution in [2.24, 2.45) is 0 Å². The zero-order valence-corrected chi connectivity index (χ0v) is 13.8. The molecule has 2 amide bonds. The molecule has 3 rings (SSSR count). The Labute approximate surface area is 148 Å². The summed E-state index contributed by atoms with van der Waals surface area (Å²) in [6.07, 6.45) is 0. The van der Waals surface area contributed by atoms with Crippen LogP contribution in [0.15, 0.2) is 65.9 Å². The van der Waals surface area contributed by atoms with E-state index in [1.807, 2.05) is 0 Å². The second-order valence-electron chi connectivity index (χ2n) is 5.68. The van der Waals surface area contributed by atoms with Crippen molar-refractivity contribution >= 4 is 11.8 Å². The Hall–Kier alpha value is -3.22. The number of halogens is 2. The molecule has 2 aromatic rings. The molecule has 0 saturated heterocycles. The number of hydrogen-bond donors (Lipinski definition) is 2. The molecule has 26 heavy (non-hydrogen) atoms. The molecule has 5 nitrogen and oxygen atoms in total. The predicted octanol–water partition coefficient (Wildman–Crippen LogP) is 3.80. The topological polar surface area (TPSA) is 67.4 Å². The Bertz CT molecular complexity index is 866. The lowest BCUT2D eigenvalue weighted by Crippen LogP contribution is -2.45. The van der Waals surface area contributed by atoms with Gasteiger partial charge < -0.3 is 15.4 Å². The van der Waals surface area contributed by atoms with Gasteiger partial charge in [-0.2, -0.15) is 8.78 Å². The van der Waals surface area contributed by atoms with E-state index in [9.17, 15) is 18.4 Å². The van der Waals surface area contributed by atoms with Gasteiger partial charge in [-0.1, -0.05) is 48.5 Å². The average Bonchev–Trinajstić information content (AvgIpc) is 2.61. The maximum absolute atomic E-state index is 13.0. The molecule has 0 aliphatic carbocycles. The van der Waals surface area contributed by atoms with Crippen LogP contribution in [0.3, 0.4) is 0 Å². The Morgan fingerprint density at radius 2 is 1.73 bits per heavy atom. The first-order valence-electron chi connectivity index (χ1n) is 7.89. The number of allylic oxidation sites excluding steroid dienone is 1. The van der Waals surface area contributed by atoms with E-state index in [0.717, 1.165) is 0 Å². The summed E-state index contributed by atoms with van der Waals surface area (Å²) in [5.41, 5.74) is 1.33. The predicted molar refractivity (Wildman–Crippen MR) is 91.0 cm³/mol. The van der Waals surface area contributed by atoms with Gasteiger partial charge >= 0.3 is 12.6 Å². The zero-order valence-electron chi connectivity index (χ0n) is 13.8. The van der Waals surface area contributed by atoms with Crippen molar-refractivity contribution in [2.75, 3.05) is 0 Å². The molecule has 134 valence electrons. The largest absolute Gasteiger partial charge is 0.434 e. The summed E-state index contributed by atoms with van der Waals surface area (Å²) in [5.74, 6) is -0.409. The molecule has 1 aliphatic rings. The van der Waals surface area contributed by atoms with Crippen molar-refractivity contribution in [1.82, 2.24) is 10.6 Å². The van der Waals surface area contributed by atoms with E-state index in [2.05, 4.69) is 15.4 Å². The van der Waals surface area contributed by atoms with E-state index >= 15 is 0 Å². The van der Waals surface area contributed by atoms with Crippen molar-refractivity contribution in [3.8, 4) is 5.75 Å². The van der Waals surface area contributed by atoms with E-state index in [4.69, 9.17) is 0 Å². The summed E-state index contributed by atoms with van der Waals surface area (Å²) in [7, 11) is 0. The number of Topliss-reactive ketones (excluding diaryl/α,β-unsaturated/α-hetero) is 1. The second-order valence-corrected chi connectivity index (χ2v) is 5.68. The van der Waals surface area contributed by atoms with Crippen molar-refractivity contribution < 1.29 is 23.1 Å². The number of carbonyl (C=O) groups excluding carboxylic acids is 2. The highest BCUT2D eigenvalue weighted by molar-refractivity contribution is 6.11. The summed E-state index contributed by atoms with van der Waals surface area (Å²) in [6.45, 7) is -1.43. The van der Waals surface area contributed by atoms with Crippen LogP contribution in [0, 0.1) is 0 Å². The van der Waals surface area contributed by atoms with Crippen molar-refractivity contribution in [3.63, 3.8) is 0 Å². The molecule has 7 heteroatoms.